The molecular weight excluding hydrogens is 272 g/mol. The summed E-state index contributed by atoms with van der Waals surface area (Å²) in [4.78, 5) is 14.2. The van der Waals surface area contributed by atoms with Gasteiger partial charge in [0, 0.05) is 25.6 Å². The second-order valence-corrected chi connectivity index (χ2v) is 6.74. The molecule has 0 spiro atoms. The van der Waals surface area contributed by atoms with E-state index < -0.39 is 0 Å². The maximum Gasteiger partial charge on any atom is 0.225 e. The molecule has 0 aromatic rings. The van der Waals surface area contributed by atoms with Crippen molar-refractivity contribution in [3.8, 4) is 0 Å². The van der Waals surface area contributed by atoms with Gasteiger partial charge in [0.2, 0.25) is 5.91 Å². The molecule has 1 aliphatic carbocycles. The highest BCUT2D eigenvalue weighted by molar-refractivity contribution is 5.85. The summed E-state index contributed by atoms with van der Waals surface area (Å²) in [7, 11) is 1.92. The molecule has 2 unspecified atom stereocenters. The first-order valence-corrected chi connectivity index (χ1v) is 7.92. The first kappa shape index (κ1) is 19.7. The lowest BCUT2D eigenvalue weighted by Crippen LogP contribution is -2.37. The Morgan fingerprint density at radius 1 is 1.25 bits per heavy atom. The van der Waals surface area contributed by atoms with Gasteiger partial charge in [0.25, 0.3) is 0 Å². The van der Waals surface area contributed by atoms with Crippen LogP contribution in [0.25, 0.3) is 0 Å². The Morgan fingerprint density at radius 3 is 2.30 bits per heavy atom. The number of carbonyl (C=O) groups is 1. The van der Waals surface area contributed by atoms with Crippen LogP contribution in [0.15, 0.2) is 0 Å². The fourth-order valence-electron chi connectivity index (χ4n) is 3.01. The lowest BCUT2D eigenvalue weighted by atomic mass is 9.93. The van der Waals surface area contributed by atoms with Crippen LogP contribution < -0.4 is 5.73 Å². The van der Waals surface area contributed by atoms with E-state index in [2.05, 4.69) is 20.8 Å². The highest BCUT2D eigenvalue weighted by Gasteiger charge is 2.24. The summed E-state index contributed by atoms with van der Waals surface area (Å²) < 4.78 is 0. The third-order valence-electron chi connectivity index (χ3n) is 4.61. The van der Waals surface area contributed by atoms with Crippen molar-refractivity contribution in [3.05, 3.63) is 0 Å². The first-order valence-electron chi connectivity index (χ1n) is 7.92. The van der Waals surface area contributed by atoms with Crippen LogP contribution in [0.3, 0.4) is 0 Å². The maximum atomic E-state index is 12.3. The Morgan fingerprint density at radius 2 is 1.80 bits per heavy atom. The standard InChI is InChI=1S/C16H32N2O.ClH/c1-12(2)15(17)9-10-18(4)16(19)13(3)11-14-7-5-6-8-14;/h12-15H,5-11,17H2,1-4H3;1H. The van der Waals surface area contributed by atoms with Crippen LogP contribution in [0.4, 0.5) is 0 Å². The van der Waals surface area contributed by atoms with Crippen molar-refractivity contribution in [1.82, 2.24) is 4.90 Å². The zero-order chi connectivity index (χ0) is 14.4. The maximum absolute atomic E-state index is 12.3. The summed E-state index contributed by atoms with van der Waals surface area (Å²) in [5.41, 5.74) is 6.04. The molecule has 0 radical (unpaired) electrons. The predicted octanol–water partition coefficient (Wildman–Crippen LogP) is 3.46. The van der Waals surface area contributed by atoms with E-state index in [1.807, 2.05) is 11.9 Å². The highest BCUT2D eigenvalue weighted by Crippen LogP contribution is 2.30. The number of carbonyl (C=O) groups excluding carboxylic acids is 1. The fourth-order valence-corrected chi connectivity index (χ4v) is 3.01. The number of hydrogen-bond acceptors (Lipinski definition) is 2. The normalized spacial score (nSPS) is 18.7. The number of hydrogen-bond donors (Lipinski definition) is 1. The summed E-state index contributed by atoms with van der Waals surface area (Å²) >= 11 is 0. The van der Waals surface area contributed by atoms with Gasteiger partial charge in [-0.05, 0) is 24.7 Å². The summed E-state index contributed by atoms with van der Waals surface area (Å²) in [5.74, 6) is 1.73. The van der Waals surface area contributed by atoms with Crippen LogP contribution >= 0.6 is 12.4 Å². The van der Waals surface area contributed by atoms with Crippen molar-refractivity contribution >= 4 is 18.3 Å². The molecule has 2 N–H and O–H groups in total. The molecule has 1 saturated carbocycles. The molecule has 3 nitrogen and oxygen atoms in total. The zero-order valence-electron chi connectivity index (χ0n) is 13.6. The van der Waals surface area contributed by atoms with Crippen LogP contribution in [0.5, 0.6) is 0 Å². The van der Waals surface area contributed by atoms with Crippen molar-refractivity contribution < 1.29 is 4.79 Å². The lowest BCUT2D eigenvalue weighted by molar-refractivity contribution is -0.134. The molecule has 0 aromatic carbocycles. The van der Waals surface area contributed by atoms with Crippen LogP contribution in [0, 0.1) is 17.8 Å². The minimum absolute atomic E-state index is 0. The van der Waals surface area contributed by atoms with Crippen molar-refractivity contribution in [1.29, 1.82) is 0 Å². The first-order chi connectivity index (χ1) is 8.91. The van der Waals surface area contributed by atoms with Crippen molar-refractivity contribution in [2.75, 3.05) is 13.6 Å². The molecule has 0 saturated heterocycles. The summed E-state index contributed by atoms with van der Waals surface area (Å²) in [6.45, 7) is 7.14. The number of amides is 1. The summed E-state index contributed by atoms with van der Waals surface area (Å²) in [5, 5.41) is 0. The molecule has 2 atom stereocenters. The van der Waals surface area contributed by atoms with Gasteiger partial charge in [-0.1, -0.05) is 46.5 Å². The monoisotopic (exact) mass is 304 g/mol. The minimum atomic E-state index is 0. The van der Waals surface area contributed by atoms with Crippen LogP contribution in [-0.4, -0.2) is 30.4 Å². The van der Waals surface area contributed by atoms with E-state index in [1.54, 1.807) is 0 Å². The third-order valence-corrected chi connectivity index (χ3v) is 4.61. The molecule has 20 heavy (non-hydrogen) atoms. The lowest BCUT2D eigenvalue weighted by Gasteiger charge is -2.25. The predicted molar refractivity (Wildman–Crippen MR) is 88.1 cm³/mol. The smallest absolute Gasteiger partial charge is 0.225 e. The van der Waals surface area contributed by atoms with Gasteiger partial charge in [-0.2, -0.15) is 0 Å². The molecule has 0 heterocycles. The molecule has 1 fully saturated rings. The molecular formula is C16H33ClN2O. The molecule has 0 aliphatic heterocycles. The molecule has 1 rings (SSSR count). The third kappa shape index (κ3) is 6.45. The Bertz CT molecular complexity index is 278. The van der Waals surface area contributed by atoms with Crippen molar-refractivity contribution in [2.24, 2.45) is 23.5 Å². The summed E-state index contributed by atoms with van der Waals surface area (Å²) in [6, 6.07) is 0.195. The van der Waals surface area contributed by atoms with Crippen molar-refractivity contribution in [2.45, 2.75) is 65.3 Å². The van der Waals surface area contributed by atoms with E-state index in [0.717, 1.165) is 25.3 Å². The fraction of sp³-hybridized carbons (Fsp3) is 0.938. The van der Waals surface area contributed by atoms with E-state index >= 15 is 0 Å². The molecule has 0 aromatic heterocycles. The SMILES string of the molecule is CC(CC1CCCC1)C(=O)N(C)CCC(N)C(C)C.Cl. The number of nitrogens with zero attached hydrogens (tertiary/aromatic N) is 1. The average Bonchev–Trinajstić information content (AvgIpc) is 2.86. The number of rotatable bonds is 7. The van der Waals surface area contributed by atoms with E-state index in [0.29, 0.717) is 11.8 Å². The second kappa shape index (κ2) is 9.62. The van der Waals surface area contributed by atoms with Gasteiger partial charge in [-0.3, -0.25) is 4.79 Å². The van der Waals surface area contributed by atoms with E-state index in [9.17, 15) is 4.79 Å². The Hall–Kier alpha value is -0.280. The van der Waals surface area contributed by atoms with Gasteiger partial charge < -0.3 is 10.6 Å². The van der Waals surface area contributed by atoms with Crippen LogP contribution in [-0.2, 0) is 4.79 Å². The summed E-state index contributed by atoms with van der Waals surface area (Å²) in [6.07, 6.45) is 7.31. The minimum Gasteiger partial charge on any atom is -0.345 e. The van der Waals surface area contributed by atoms with Crippen molar-refractivity contribution in [3.63, 3.8) is 0 Å². The molecule has 1 amide bonds. The molecule has 120 valence electrons. The Labute approximate surface area is 131 Å². The highest BCUT2D eigenvalue weighted by atomic mass is 35.5. The van der Waals surface area contributed by atoms with Gasteiger partial charge in [-0.25, -0.2) is 0 Å². The molecule has 0 bridgehead atoms. The average molecular weight is 305 g/mol. The van der Waals surface area contributed by atoms with Crippen LogP contribution in [0.2, 0.25) is 0 Å². The van der Waals surface area contributed by atoms with Gasteiger partial charge in [-0.15, -0.1) is 12.4 Å². The second-order valence-electron chi connectivity index (χ2n) is 6.74. The number of halogens is 1. The Balaban J connectivity index is 0.00000361. The van der Waals surface area contributed by atoms with E-state index in [1.165, 1.54) is 25.7 Å². The Kier molecular flexibility index (Phi) is 9.48. The van der Waals surface area contributed by atoms with Gasteiger partial charge >= 0.3 is 0 Å². The van der Waals surface area contributed by atoms with Gasteiger partial charge in [0.15, 0.2) is 0 Å². The quantitative estimate of drug-likeness (QED) is 0.783. The molecule has 1 aliphatic rings. The zero-order valence-corrected chi connectivity index (χ0v) is 14.4. The van der Waals surface area contributed by atoms with Crippen LogP contribution in [0.1, 0.15) is 59.3 Å². The number of nitrogens with two attached hydrogens (primary N) is 1. The molecule has 4 heteroatoms. The van der Waals surface area contributed by atoms with E-state index in [-0.39, 0.29) is 24.4 Å². The topological polar surface area (TPSA) is 46.3 Å². The van der Waals surface area contributed by atoms with Gasteiger partial charge in [0.05, 0.1) is 0 Å². The van der Waals surface area contributed by atoms with Gasteiger partial charge in [0.1, 0.15) is 0 Å². The van der Waals surface area contributed by atoms with E-state index in [4.69, 9.17) is 5.73 Å². The largest absolute Gasteiger partial charge is 0.345 e.